The van der Waals surface area contributed by atoms with Gasteiger partial charge in [0.05, 0.1) is 11.1 Å². The van der Waals surface area contributed by atoms with Crippen molar-refractivity contribution >= 4 is 33.9 Å². The van der Waals surface area contributed by atoms with Crippen LogP contribution in [-0.2, 0) is 0 Å². The summed E-state index contributed by atoms with van der Waals surface area (Å²) in [4.78, 5) is 4.82. The molecule has 0 atom stereocenters. The standard InChI is InChI=1S/C37H42N3.C2H6/c1-7-39(8-2)30-22-20-28(21-23-30)35(32-25-24-31(26-27(32)5)40(9-3)10-4)36-33-18-14-15-19-34(33)38(6)37(36)29-16-12-11-13-17-29;1-2/h11-26H,7-10H2,1-6H3;1-2H3/q+1;. The summed E-state index contributed by atoms with van der Waals surface area (Å²) in [5, 5.41) is 0. The number of benzene rings is 4. The molecule has 42 heavy (non-hydrogen) atoms. The Kier molecular flexibility index (Phi) is 10.4. The highest BCUT2D eigenvalue weighted by atomic mass is 15.1. The number of aryl methyl sites for hydroxylation is 1. The lowest BCUT2D eigenvalue weighted by Gasteiger charge is -2.24. The highest BCUT2D eigenvalue weighted by Crippen LogP contribution is 2.44. The molecule has 5 rings (SSSR count). The van der Waals surface area contributed by atoms with E-state index in [1.807, 2.05) is 13.8 Å². The SMILES string of the molecule is CC.CCN(CC)c1ccc(/C(=C2/C(c3ccccc3)=[N+](C)c3ccccc32)c2ccc(N(CC)CC)cc2C)cc1. The molecule has 3 nitrogen and oxygen atoms in total. The van der Waals surface area contributed by atoms with Gasteiger partial charge in [-0.05, 0) is 93.8 Å². The van der Waals surface area contributed by atoms with Crippen molar-refractivity contribution in [3.8, 4) is 0 Å². The lowest BCUT2D eigenvalue weighted by Crippen LogP contribution is -2.22. The van der Waals surface area contributed by atoms with Gasteiger partial charge in [-0.3, -0.25) is 0 Å². The van der Waals surface area contributed by atoms with Crippen molar-refractivity contribution in [2.24, 2.45) is 0 Å². The maximum Gasteiger partial charge on any atom is 0.221 e. The second-order valence-corrected chi connectivity index (χ2v) is 10.4. The van der Waals surface area contributed by atoms with Gasteiger partial charge in [-0.2, -0.15) is 4.58 Å². The fourth-order valence-corrected chi connectivity index (χ4v) is 6.16. The first-order valence-electron chi connectivity index (χ1n) is 15.7. The van der Waals surface area contributed by atoms with E-state index in [-0.39, 0.29) is 0 Å². The lowest BCUT2D eigenvalue weighted by atomic mass is 9.84. The summed E-state index contributed by atoms with van der Waals surface area (Å²) >= 11 is 0. The molecule has 0 bridgehead atoms. The first-order valence-corrected chi connectivity index (χ1v) is 15.7. The Morgan fingerprint density at radius 1 is 0.643 bits per heavy atom. The Morgan fingerprint density at radius 3 is 1.79 bits per heavy atom. The van der Waals surface area contributed by atoms with Crippen LogP contribution >= 0.6 is 0 Å². The van der Waals surface area contributed by atoms with Crippen molar-refractivity contribution in [2.45, 2.75) is 48.5 Å². The van der Waals surface area contributed by atoms with Crippen molar-refractivity contribution < 1.29 is 4.58 Å². The predicted molar refractivity (Wildman–Crippen MR) is 185 cm³/mol. The van der Waals surface area contributed by atoms with Gasteiger partial charge in [-0.1, -0.05) is 62.4 Å². The third-order valence-corrected chi connectivity index (χ3v) is 8.30. The van der Waals surface area contributed by atoms with E-state index in [9.17, 15) is 0 Å². The van der Waals surface area contributed by atoms with E-state index in [0.717, 1.165) is 26.2 Å². The van der Waals surface area contributed by atoms with E-state index in [1.54, 1.807) is 0 Å². The minimum atomic E-state index is 1.000. The van der Waals surface area contributed by atoms with E-state index in [0.29, 0.717) is 0 Å². The van der Waals surface area contributed by atoms with E-state index in [4.69, 9.17) is 0 Å². The van der Waals surface area contributed by atoms with Crippen molar-refractivity contribution in [2.75, 3.05) is 43.0 Å². The highest BCUT2D eigenvalue weighted by molar-refractivity contribution is 6.38. The molecule has 0 saturated heterocycles. The first-order chi connectivity index (χ1) is 20.5. The molecule has 4 aromatic carbocycles. The molecule has 0 amide bonds. The molecular weight excluding hydrogens is 510 g/mol. The maximum absolute atomic E-state index is 2.42. The lowest BCUT2D eigenvalue weighted by molar-refractivity contribution is -0.400. The molecule has 3 heteroatoms. The summed E-state index contributed by atoms with van der Waals surface area (Å²) in [6.45, 7) is 19.2. The van der Waals surface area contributed by atoms with Crippen molar-refractivity contribution in [1.29, 1.82) is 0 Å². The zero-order valence-corrected chi connectivity index (χ0v) is 26.9. The van der Waals surface area contributed by atoms with Crippen LogP contribution in [0.5, 0.6) is 0 Å². The van der Waals surface area contributed by atoms with Crippen LogP contribution in [0.15, 0.2) is 97.1 Å². The minimum absolute atomic E-state index is 1.000. The predicted octanol–water partition coefficient (Wildman–Crippen LogP) is 9.45. The molecular formula is C39H48N3+. The second kappa shape index (κ2) is 14.2. The molecule has 0 aliphatic carbocycles. The number of hydrogen-bond donors (Lipinski definition) is 0. The molecule has 1 aliphatic heterocycles. The Labute approximate surface area is 254 Å². The third kappa shape index (κ3) is 5.92. The Balaban J connectivity index is 0.00000198. The van der Waals surface area contributed by atoms with Gasteiger partial charge in [-0.15, -0.1) is 0 Å². The van der Waals surface area contributed by atoms with Gasteiger partial charge in [0, 0.05) is 54.8 Å². The van der Waals surface area contributed by atoms with Crippen LogP contribution in [0.4, 0.5) is 17.1 Å². The summed E-state index contributed by atoms with van der Waals surface area (Å²) in [6.07, 6.45) is 0. The summed E-state index contributed by atoms with van der Waals surface area (Å²) < 4.78 is 2.36. The largest absolute Gasteiger partial charge is 0.372 e. The Bertz CT molecular complexity index is 1540. The van der Waals surface area contributed by atoms with Crippen LogP contribution in [-0.4, -0.2) is 43.5 Å². The molecule has 218 valence electrons. The van der Waals surface area contributed by atoms with E-state index in [1.165, 1.54) is 61.7 Å². The normalized spacial score (nSPS) is 13.3. The van der Waals surface area contributed by atoms with Crippen molar-refractivity contribution in [3.05, 3.63) is 125 Å². The van der Waals surface area contributed by atoms with Gasteiger partial charge in [-0.25, -0.2) is 0 Å². The van der Waals surface area contributed by atoms with Crippen LogP contribution in [0.3, 0.4) is 0 Å². The smallest absolute Gasteiger partial charge is 0.221 e. The number of allylic oxidation sites excluding steroid dienone is 1. The number of anilines is 2. The molecule has 1 heterocycles. The number of para-hydroxylation sites is 1. The van der Waals surface area contributed by atoms with E-state index in [2.05, 4.69) is 153 Å². The zero-order chi connectivity index (χ0) is 30.2. The average molecular weight is 559 g/mol. The maximum atomic E-state index is 2.42. The van der Waals surface area contributed by atoms with Gasteiger partial charge in [0.25, 0.3) is 0 Å². The van der Waals surface area contributed by atoms with Crippen LogP contribution in [0.25, 0.3) is 11.1 Å². The van der Waals surface area contributed by atoms with Crippen molar-refractivity contribution in [1.82, 2.24) is 0 Å². The van der Waals surface area contributed by atoms with Gasteiger partial charge in [0.1, 0.15) is 7.05 Å². The van der Waals surface area contributed by atoms with Crippen LogP contribution in [0.2, 0.25) is 0 Å². The quantitative estimate of drug-likeness (QED) is 0.189. The molecule has 1 aliphatic rings. The molecule has 0 unspecified atom stereocenters. The third-order valence-electron chi connectivity index (χ3n) is 8.30. The number of nitrogens with zero attached hydrogens (tertiary/aromatic N) is 3. The molecule has 0 radical (unpaired) electrons. The molecule has 4 aromatic rings. The van der Waals surface area contributed by atoms with Gasteiger partial charge >= 0.3 is 0 Å². The zero-order valence-electron chi connectivity index (χ0n) is 26.9. The topological polar surface area (TPSA) is 9.49 Å². The summed E-state index contributed by atoms with van der Waals surface area (Å²) in [5.74, 6) is 0. The van der Waals surface area contributed by atoms with E-state index >= 15 is 0 Å². The van der Waals surface area contributed by atoms with Gasteiger partial charge in [0.15, 0.2) is 0 Å². The molecule has 0 N–H and O–H groups in total. The molecule has 0 aromatic heterocycles. The monoisotopic (exact) mass is 558 g/mol. The van der Waals surface area contributed by atoms with Gasteiger partial charge < -0.3 is 9.80 Å². The number of fused-ring (bicyclic) bond motifs is 1. The van der Waals surface area contributed by atoms with E-state index < -0.39 is 0 Å². The highest BCUT2D eigenvalue weighted by Gasteiger charge is 2.36. The average Bonchev–Trinajstić information content (AvgIpc) is 3.33. The summed E-state index contributed by atoms with van der Waals surface area (Å²) in [6, 6.07) is 35.9. The fraction of sp³-hybridized carbons (Fsp3) is 0.308. The Hall–Kier alpha value is -4.11. The van der Waals surface area contributed by atoms with Crippen LogP contribution < -0.4 is 9.80 Å². The van der Waals surface area contributed by atoms with Crippen LogP contribution in [0, 0.1) is 6.92 Å². The molecule has 0 spiro atoms. The molecule has 0 fully saturated rings. The fourth-order valence-electron chi connectivity index (χ4n) is 6.16. The summed E-state index contributed by atoms with van der Waals surface area (Å²) in [5.41, 5.74) is 13.9. The molecule has 0 saturated carbocycles. The summed E-state index contributed by atoms with van der Waals surface area (Å²) in [7, 11) is 2.20. The first kappa shape index (κ1) is 30.8. The number of hydrogen-bond acceptors (Lipinski definition) is 2. The Morgan fingerprint density at radius 2 is 1.19 bits per heavy atom. The van der Waals surface area contributed by atoms with Crippen LogP contribution in [0.1, 0.15) is 69.4 Å². The number of rotatable bonds is 9. The van der Waals surface area contributed by atoms with Gasteiger partial charge in [0.2, 0.25) is 11.4 Å². The van der Waals surface area contributed by atoms with Crippen molar-refractivity contribution in [3.63, 3.8) is 0 Å². The minimum Gasteiger partial charge on any atom is -0.372 e. The second-order valence-electron chi connectivity index (χ2n) is 10.4.